The van der Waals surface area contributed by atoms with Crippen LogP contribution in [0.25, 0.3) is 0 Å². The highest BCUT2D eigenvalue weighted by atomic mass is 35.5. The molecular formula is C37H65ClN4O11S. The summed E-state index contributed by atoms with van der Waals surface area (Å²) in [6.45, 7) is 8.77. The fourth-order valence-corrected chi connectivity index (χ4v) is 10.0. The van der Waals surface area contributed by atoms with Gasteiger partial charge in [-0.05, 0) is 72.5 Å². The molecule has 1 amide bonds. The fourth-order valence-electron chi connectivity index (χ4n) is 9.09. The zero-order valence-corrected chi connectivity index (χ0v) is 34.2. The number of thioether (sulfide) groups is 1. The predicted octanol–water partition coefficient (Wildman–Crippen LogP) is 0.00720. The molecule has 1 saturated carbocycles. The van der Waals surface area contributed by atoms with Crippen LogP contribution in [-0.2, 0) is 28.5 Å². The van der Waals surface area contributed by atoms with Crippen LogP contribution in [0.2, 0.25) is 0 Å². The second-order valence-electron chi connectivity index (χ2n) is 16.2. The number of ketones is 1. The number of carbonyl (C=O) groups is 2. The fraction of sp³-hybridized carbons (Fsp3) is 0.946. The number of alkyl halides is 1. The minimum atomic E-state index is -2.30. The molecule has 5 rings (SSSR count). The first-order chi connectivity index (χ1) is 25.6. The number of aliphatic hydroxyl groups excluding tert-OH is 4. The summed E-state index contributed by atoms with van der Waals surface area (Å²) in [5.74, 6) is -2.71. The molecule has 5 fully saturated rings. The van der Waals surface area contributed by atoms with Gasteiger partial charge in [0.05, 0.1) is 53.8 Å². The third-order valence-electron chi connectivity index (χ3n) is 12.3. The number of nitrogens with one attached hydrogen (secondary N) is 2. The summed E-state index contributed by atoms with van der Waals surface area (Å²) in [5, 5.41) is 60.5. The van der Waals surface area contributed by atoms with E-state index in [1.165, 1.54) is 11.8 Å². The van der Waals surface area contributed by atoms with Gasteiger partial charge in [-0.1, -0.05) is 26.2 Å². The monoisotopic (exact) mass is 808 g/mol. The lowest BCUT2D eigenvalue weighted by molar-refractivity contribution is -0.421. The molecule has 0 bridgehead atoms. The molecule has 54 heavy (non-hydrogen) atoms. The number of carbonyl (C=O) groups excluding carboxylic acids is 2. The zero-order chi connectivity index (χ0) is 39.5. The van der Waals surface area contributed by atoms with Crippen molar-refractivity contribution in [2.75, 3.05) is 46.5 Å². The Morgan fingerprint density at radius 3 is 2.44 bits per heavy atom. The second-order valence-corrected chi connectivity index (χ2v) is 17.8. The summed E-state index contributed by atoms with van der Waals surface area (Å²) in [4.78, 5) is 30.7. The van der Waals surface area contributed by atoms with Crippen molar-refractivity contribution in [2.24, 2.45) is 11.8 Å². The average molecular weight is 809 g/mol. The lowest BCUT2D eigenvalue weighted by Crippen LogP contribution is -2.77. The molecule has 5 aliphatic rings. The van der Waals surface area contributed by atoms with Gasteiger partial charge in [0, 0.05) is 25.9 Å². The van der Waals surface area contributed by atoms with E-state index in [2.05, 4.69) is 22.5 Å². The van der Waals surface area contributed by atoms with Gasteiger partial charge < -0.3 is 60.0 Å². The zero-order valence-electron chi connectivity index (χ0n) is 32.6. The number of likely N-dealkylation sites (tertiary alicyclic amines) is 1. The van der Waals surface area contributed by atoms with Gasteiger partial charge in [0.25, 0.3) is 5.79 Å². The molecule has 4 saturated heterocycles. The lowest BCUT2D eigenvalue weighted by atomic mass is 9.79. The summed E-state index contributed by atoms with van der Waals surface area (Å²) < 4.78 is 23.7. The Balaban J connectivity index is 1.08. The van der Waals surface area contributed by atoms with Gasteiger partial charge >= 0.3 is 0 Å². The second kappa shape index (κ2) is 19.4. The summed E-state index contributed by atoms with van der Waals surface area (Å²) >= 11 is 7.88. The predicted molar refractivity (Wildman–Crippen MR) is 203 cm³/mol. The van der Waals surface area contributed by atoms with E-state index in [-0.39, 0.29) is 24.7 Å². The molecule has 0 radical (unpaired) electrons. The van der Waals surface area contributed by atoms with Crippen LogP contribution in [0.1, 0.15) is 72.1 Å². The van der Waals surface area contributed by atoms with Gasteiger partial charge in [0.1, 0.15) is 29.9 Å². The summed E-state index contributed by atoms with van der Waals surface area (Å²) in [6, 6.07) is -1.91. The first kappa shape index (κ1) is 44.4. The van der Waals surface area contributed by atoms with Crippen molar-refractivity contribution in [3.05, 3.63) is 0 Å². The molecule has 0 spiro atoms. The maximum atomic E-state index is 13.7. The number of hydrogen-bond acceptors (Lipinski definition) is 15. The number of piperidine rings is 1. The molecule has 7 N–H and O–H groups in total. The number of hydrogen-bond donors (Lipinski definition) is 7. The number of fused-ring (bicyclic) bond motifs is 2. The largest absolute Gasteiger partial charge is 0.390 e. The highest BCUT2D eigenvalue weighted by Gasteiger charge is 2.64. The Morgan fingerprint density at radius 1 is 1.06 bits per heavy atom. The smallest absolute Gasteiger partial charge is 0.280 e. The Morgan fingerprint density at radius 2 is 1.78 bits per heavy atom. The number of likely N-dealkylation sites (N-methyl/N-ethyl adjacent to an activating group) is 2. The van der Waals surface area contributed by atoms with Crippen LogP contribution in [-0.4, -0.2) is 183 Å². The standard InChI is InChI=1S/C37H65ClN4O11S/c1-7-21-15-22(34(48)40-26(20(3)38)24-16-23(43)29(45)35(51-24)54-6)18-42(17-21)13-11-9-8-10-12-41(5)28-30(46)27(39-4)32-33(31(28)47)52-36-37(49,53-32)25(44)14-19(2)50-36/h19-24,26-33,35-36,39,43,45-47,49H,7-18H2,1-6H3,(H,40,48)/t19-,20?,21?,22?,23?,24?,26?,27+,28-,29+,30-,31+,32-,33-,35-,36+,37+/m1/s1. The van der Waals surface area contributed by atoms with Gasteiger partial charge in [-0.25, -0.2) is 0 Å². The van der Waals surface area contributed by atoms with Crippen LogP contribution < -0.4 is 10.6 Å². The Labute approximate surface area is 329 Å². The maximum Gasteiger partial charge on any atom is 0.280 e. The first-order valence-corrected chi connectivity index (χ1v) is 21.5. The SMILES string of the molecule is CCC1CC(C(=O)NC(C(C)Cl)C2CC(O)[C@H](O)[C@@H](SC)O2)CN(CCCCCCN(C)[C@@H]2[C@H](O)[C@H](NC)[C@H]3O[C@@]4(O)C(=O)C[C@@H](C)O[C@H]4O[C@@H]3[C@H]2O)C1. The van der Waals surface area contributed by atoms with Gasteiger partial charge in [-0.2, -0.15) is 0 Å². The molecule has 17 heteroatoms. The van der Waals surface area contributed by atoms with E-state index >= 15 is 0 Å². The van der Waals surface area contributed by atoms with Gasteiger partial charge in [0.15, 0.2) is 5.78 Å². The Hall–Kier alpha value is -0.700. The number of ether oxygens (including phenoxy) is 4. The van der Waals surface area contributed by atoms with Crippen LogP contribution in [0.3, 0.4) is 0 Å². The molecule has 0 aromatic heterocycles. The highest BCUT2D eigenvalue weighted by Crippen LogP contribution is 2.41. The highest BCUT2D eigenvalue weighted by molar-refractivity contribution is 7.99. The number of Topliss-reactive ketones (excluding diaryl/α,β-unsaturated/α-hetero) is 1. The van der Waals surface area contributed by atoms with E-state index in [9.17, 15) is 35.1 Å². The van der Waals surface area contributed by atoms with Crippen molar-refractivity contribution in [3.8, 4) is 0 Å². The molecule has 17 atom stereocenters. The number of rotatable bonds is 15. The van der Waals surface area contributed by atoms with Crippen molar-refractivity contribution in [1.82, 2.24) is 20.4 Å². The number of amides is 1. The van der Waals surface area contributed by atoms with Crippen LogP contribution in [0.5, 0.6) is 0 Å². The van der Waals surface area contributed by atoms with Crippen LogP contribution >= 0.6 is 23.4 Å². The maximum absolute atomic E-state index is 13.7. The van der Waals surface area contributed by atoms with E-state index in [1.807, 2.05) is 25.1 Å². The van der Waals surface area contributed by atoms with Gasteiger partial charge in [-0.15, -0.1) is 23.4 Å². The van der Waals surface area contributed by atoms with Crippen molar-refractivity contribution >= 4 is 35.1 Å². The molecule has 1 aliphatic carbocycles. The number of aliphatic hydroxyl groups is 5. The molecular weight excluding hydrogens is 744 g/mol. The van der Waals surface area contributed by atoms with Crippen LogP contribution in [0.4, 0.5) is 0 Å². The summed E-state index contributed by atoms with van der Waals surface area (Å²) in [5.41, 5.74) is -0.595. The third-order valence-corrected chi connectivity index (χ3v) is 13.4. The quantitative estimate of drug-likeness (QED) is 0.0861. The summed E-state index contributed by atoms with van der Waals surface area (Å²) in [7, 11) is 3.52. The van der Waals surface area contributed by atoms with Crippen LogP contribution in [0.15, 0.2) is 0 Å². The number of nitrogens with zero attached hydrogens (tertiary/aromatic N) is 2. The minimum absolute atomic E-state index is 0.0334. The minimum Gasteiger partial charge on any atom is -0.390 e. The van der Waals surface area contributed by atoms with E-state index in [0.717, 1.165) is 51.6 Å². The van der Waals surface area contributed by atoms with E-state index < -0.39 is 95.6 Å². The molecule has 4 heterocycles. The van der Waals surface area contributed by atoms with Crippen molar-refractivity contribution in [1.29, 1.82) is 0 Å². The number of unbranched alkanes of at least 4 members (excludes halogenated alkanes) is 3. The van der Waals surface area contributed by atoms with Crippen molar-refractivity contribution in [2.45, 2.75) is 162 Å². The third kappa shape index (κ3) is 9.76. The molecule has 312 valence electrons. The van der Waals surface area contributed by atoms with E-state index in [4.69, 9.17) is 30.5 Å². The van der Waals surface area contributed by atoms with E-state index in [1.54, 1.807) is 14.0 Å². The first-order valence-electron chi connectivity index (χ1n) is 19.8. The Bertz CT molecular complexity index is 1250. The van der Waals surface area contributed by atoms with Gasteiger partial charge in [-0.3, -0.25) is 14.5 Å². The number of halogens is 1. The van der Waals surface area contributed by atoms with E-state index in [0.29, 0.717) is 19.0 Å². The molecule has 15 nitrogen and oxygen atoms in total. The summed E-state index contributed by atoms with van der Waals surface area (Å²) in [6.07, 6.45) is -0.992. The van der Waals surface area contributed by atoms with Crippen molar-refractivity contribution < 1.29 is 54.1 Å². The Kier molecular flexibility index (Phi) is 15.9. The average Bonchev–Trinajstić information content (AvgIpc) is 3.13. The molecule has 0 aromatic carbocycles. The molecule has 0 aromatic rings. The molecule has 4 aliphatic heterocycles. The van der Waals surface area contributed by atoms with Gasteiger partial charge in [0.2, 0.25) is 12.2 Å². The normalized spacial score (nSPS) is 42.9. The lowest BCUT2D eigenvalue weighted by Gasteiger charge is -2.56. The van der Waals surface area contributed by atoms with Crippen LogP contribution in [0, 0.1) is 11.8 Å². The van der Waals surface area contributed by atoms with Crippen molar-refractivity contribution in [3.63, 3.8) is 0 Å². The topological polar surface area (TPSA) is 203 Å². The molecule has 6 unspecified atom stereocenters.